The molecule has 6 heteroatoms. The van der Waals surface area contributed by atoms with Gasteiger partial charge in [0.1, 0.15) is 0 Å². The molecule has 19 heavy (non-hydrogen) atoms. The lowest BCUT2D eigenvalue weighted by Crippen LogP contribution is -2.45. The van der Waals surface area contributed by atoms with Crippen LogP contribution in [0.25, 0.3) is 0 Å². The molecule has 0 bridgehead atoms. The summed E-state index contributed by atoms with van der Waals surface area (Å²) >= 11 is 1.79. The second-order valence-electron chi connectivity index (χ2n) is 4.57. The number of hydrogen-bond donors (Lipinski definition) is 2. The number of hydrogen-bond acceptors (Lipinski definition) is 4. The quantitative estimate of drug-likeness (QED) is 0.877. The van der Waals surface area contributed by atoms with Crippen molar-refractivity contribution in [2.45, 2.75) is 13.0 Å². The van der Waals surface area contributed by atoms with Crippen molar-refractivity contribution in [2.75, 3.05) is 39.9 Å². The topological polar surface area (TPSA) is 53.6 Å². The number of amides is 2. The molecule has 0 aliphatic carbocycles. The van der Waals surface area contributed by atoms with Gasteiger partial charge in [-0.15, -0.1) is 11.3 Å². The first-order chi connectivity index (χ1) is 9.20. The van der Waals surface area contributed by atoms with Crippen LogP contribution in [-0.2, 0) is 4.74 Å². The van der Waals surface area contributed by atoms with Crippen LogP contribution in [0.15, 0.2) is 12.1 Å². The van der Waals surface area contributed by atoms with Gasteiger partial charge in [-0.3, -0.25) is 4.90 Å². The van der Waals surface area contributed by atoms with Gasteiger partial charge in [-0.1, -0.05) is 0 Å². The van der Waals surface area contributed by atoms with Crippen molar-refractivity contribution in [3.05, 3.63) is 21.9 Å². The first kappa shape index (κ1) is 14.3. The molecule has 1 aromatic heterocycles. The highest BCUT2D eigenvalue weighted by molar-refractivity contribution is 7.12. The molecule has 1 aliphatic rings. The number of nitrogens with zero attached hydrogens (tertiary/aromatic N) is 1. The first-order valence-electron chi connectivity index (χ1n) is 6.54. The number of aryl methyl sites for hydroxylation is 1. The molecule has 5 nitrogen and oxygen atoms in total. The Labute approximate surface area is 117 Å². The van der Waals surface area contributed by atoms with E-state index < -0.39 is 0 Å². The molecule has 2 rings (SSSR count). The van der Waals surface area contributed by atoms with Crippen LogP contribution < -0.4 is 10.6 Å². The predicted octanol–water partition coefficient (Wildman–Crippen LogP) is 1.36. The van der Waals surface area contributed by atoms with Crippen molar-refractivity contribution >= 4 is 17.4 Å². The number of carbonyl (C=O) groups excluding carboxylic acids is 1. The number of thiophene rings is 1. The van der Waals surface area contributed by atoms with Gasteiger partial charge in [0, 0.05) is 36.4 Å². The lowest BCUT2D eigenvalue weighted by atomic mass is 10.2. The second-order valence-corrected chi connectivity index (χ2v) is 5.89. The van der Waals surface area contributed by atoms with Gasteiger partial charge in [0.15, 0.2) is 0 Å². The van der Waals surface area contributed by atoms with Crippen LogP contribution in [0.5, 0.6) is 0 Å². The number of urea groups is 1. The van der Waals surface area contributed by atoms with Gasteiger partial charge < -0.3 is 15.4 Å². The maximum atomic E-state index is 11.4. The molecular formula is C13H21N3O2S. The third-order valence-electron chi connectivity index (χ3n) is 3.26. The fourth-order valence-electron chi connectivity index (χ4n) is 2.21. The van der Waals surface area contributed by atoms with Crippen LogP contribution in [0.3, 0.4) is 0 Å². The summed E-state index contributed by atoms with van der Waals surface area (Å²) in [6.07, 6.45) is 0. The molecule has 1 saturated heterocycles. The van der Waals surface area contributed by atoms with Gasteiger partial charge in [-0.2, -0.15) is 0 Å². The first-order valence-corrected chi connectivity index (χ1v) is 7.36. The Morgan fingerprint density at radius 2 is 2.21 bits per heavy atom. The highest BCUT2D eigenvalue weighted by Gasteiger charge is 2.24. The van der Waals surface area contributed by atoms with Crippen LogP contribution in [-0.4, -0.2) is 50.8 Å². The SMILES string of the molecule is CNC(=O)NC[C@@H](c1ccc(C)s1)N1CCOCC1. The summed E-state index contributed by atoms with van der Waals surface area (Å²) in [5, 5.41) is 5.50. The van der Waals surface area contributed by atoms with Crippen molar-refractivity contribution in [1.82, 2.24) is 15.5 Å². The van der Waals surface area contributed by atoms with Crippen molar-refractivity contribution in [2.24, 2.45) is 0 Å². The fourth-order valence-corrected chi connectivity index (χ4v) is 3.22. The smallest absolute Gasteiger partial charge is 0.314 e. The van der Waals surface area contributed by atoms with Gasteiger partial charge in [-0.05, 0) is 19.1 Å². The molecule has 2 amide bonds. The number of nitrogens with one attached hydrogen (secondary N) is 2. The van der Waals surface area contributed by atoms with Crippen LogP contribution in [0.2, 0.25) is 0 Å². The molecule has 1 atom stereocenters. The van der Waals surface area contributed by atoms with Crippen LogP contribution in [0.4, 0.5) is 4.79 Å². The third-order valence-corrected chi connectivity index (χ3v) is 4.36. The maximum Gasteiger partial charge on any atom is 0.314 e. The zero-order valence-electron chi connectivity index (χ0n) is 11.4. The molecule has 0 aromatic carbocycles. The lowest BCUT2D eigenvalue weighted by Gasteiger charge is -2.34. The highest BCUT2D eigenvalue weighted by atomic mass is 32.1. The Morgan fingerprint density at radius 1 is 1.47 bits per heavy atom. The molecule has 1 aromatic rings. The Bertz CT molecular complexity index is 416. The molecule has 2 N–H and O–H groups in total. The van der Waals surface area contributed by atoms with Gasteiger partial charge in [-0.25, -0.2) is 4.79 Å². The zero-order chi connectivity index (χ0) is 13.7. The van der Waals surface area contributed by atoms with Gasteiger partial charge in [0.25, 0.3) is 0 Å². The van der Waals surface area contributed by atoms with E-state index in [-0.39, 0.29) is 12.1 Å². The van der Waals surface area contributed by atoms with E-state index in [0.717, 1.165) is 26.3 Å². The minimum atomic E-state index is -0.133. The van der Waals surface area contributed by atoms with Gasteiger partial charge in [0.05, 0.1) is 19.3 Å². The van der Waals surface area contributed by atoms with Crippen molar-refractivity contribution < 1.29 is 9.53 Å². The maximum absolute atomic E-state index is 11.4. The molecule has 2 heterocycles. The van der Waals surface area contributed by atoms with E-state index >= 15 is 0 Å². The van der Waals surface area contributed by atoms with Crippen LogP contribution in [0, 0.1) is 6.92 Å². The molecule has 0 saturated carbocycles. The Kier molecular flexibility index (Phi) is 5.18. The van der Waals surface area contributed by atoms with Gasteiger partial charge >= 0.3 is 6.03 Å². The largest absolute Gasteiger partial charge is 0.379 e. The summed E-state index contributed by atoms with van der Waals surface area (Å²) < 4.78 is 5.40. The van der Waals surface area contributed by atoms with E-state index in [2.05, 4.69) is 34.6 Å². The molecule has 0 unspecified atom stereocenters. The van der Waals surface area contributed by atoms with Crippen LogP contribution >= 0.6 is 11.3 Å². The third kappa shape index (κ3) is 3.92. The minimum Gasteiger partial charge on any atom is -0.379 e. The Morgan fingerprint density at radius 3 is 2.79 bits per heavy atom. The standard InChI is InChI=1S/C13H21N3O2S/c1-10-3-4-12(19-10)11(9-15-13(17)14-2)16-5-7-18-8-6-16/h3-4,11H,5-9H2,1-2H3,(H2,14,15,17)/t11-/m0/s1. The average molecular weight is 283 g/mol. The monoisotopic (exact) mass is 283 g/mol. The van der Waals surface area contributed by atoms with E-state index in [1.54, 1.807) is 18.4 Å². The van der Waals surface area contributed by atoms with E-state index in [4.69, 9.17) is 4.74 Å². The summed E-state index contributed by atoms with van der Waals surface area (Å²) in [5.74, 6) is 0. The summed E-state index contributed by atoms with van der Waals surface area (Å²) in [6, 6.07) is 4.39. The van der Waals surface area contributed by atoms with Gasteiger partial charge in [0.2, 0.25) is 0 Å². The fraction of sp³-hybridized carbons (Fsp3) is 0.615. The average Bonchev–Trinajstić information content (AvgIpc) is 2.86. The predicted molar refractivity (Wildman–Crippen MR) is 76.6 cm³/mol. The second kappa shape index (κ2) is 6.88. The summed E-state index contributed by atoms with van der Waals surface area (Å²) in [7, 11) is 1.63. The Balaban J connectivity index is 2.05. The van der Waals surface area contributed by atoms with E-state index in [0.29, 0.717) is 6.54 Å². The van der Waals surface area contributed by atoms with Crippen molar-refractivity contribution in [1.29, 1.82) is 0 Å². The van der Waals surface area contributed by atoms with E-state index in [1.165, 1.54) is 9.75 Å². The zero-order valence-corrected chi connectivity index (χ0v) is 12.3. The van der Waals surface area contributed by atoms with E-state index in [9.17, 15) is 4.79 Å². The van der Waals surface area contributed by atoms with Crippen LogP contribution in [0.1, 0.15) is 15.8 Å². The number of rotatable bonds is 4. The highest BCUT2D eigenvalue weighted by Crippen LogP contribution is 2.27. The van der Waals surface area contributed by atoms with Crippen molar-refractivity contribution in [3.8, 4) is 0 Å². The number of carbonyl (C=O) groups is 1. The summed E-state index contributed by atoms with van der Waals surface area (Å²) in [4.78, 5) is 16.4. The molecule has 1 aliphatic heterocycles. The lowest BCUT2D eigenvalue weighted by molar-refractivity contribution is 0.0174. The van der Waals surface area contributed by atoms with E-state index in [1.807, 2.05) is 0 Å². The molecular weight excluding hydrogens is 262 g/mol. The molecule has 106 valence electrons. The minimum absolute atomic E-state index is 0.133. The Hall–Kier alpha value is -1.11. The summed E-state index contributed by atoms with van der Waals surface area (Å²) in [6.45, 7) is 6.09. The number of morpholine rings is 1. The molecule has 0 spiro atoms. The summed E-state index contributed by atoms with van der Waals surface area (Å²) in [5.41, 5.74) is 0. The van der Waals surface area contributed by atoms with Crippen molar-refractivity contribution in [3.63, 3.8) is 0 Å². The molecule has 0 radical (unpaired) electrons. The molecule has 1 fully saturated rings. The number of ether oxygens (including phenoxy) is 1. The normalized spacial score (nSPS) is 18.0.